The molecule has 8 heteroatoms. The molecule has 0 fully saturated rings. The number of nitrogens with one attached hydrogen (secondary N) is 1. The number of nitrogens with zero attached hydrogens (tertiary/aromatic N) is 2. The van der Waals surface area contributed by atoms with Crippen LogP contribution < -0.4 is 10.2 Å². The van der Waals surface area contributed by atoms with E-state index >= 15 is 0 Å². The Morgan fingerprint density at radius 2 is 1.96 bits per heavy atom. The number of hydrazone groups is 1. The van der Waals surface area contributed by atoms with E-state index in [0.717, 1.165) is 11.1 Å². The highest BCUT2D eigenvalue weighted by Crippen LogP contribution is 2.28. The lowest BCUT2D eigenvalue weighted by Gasteiger charge is -2.19. The van der Waals surface area contributed by atoms with Crippen LogP contribution in [0.3, 0.4) is 0 Å². The maximum absolute atomic E-state index is 12.3. The van der Waals surface area contributed by atoms with Crippen LogP contribution in [-0.2, 0) is 13.0 Å². The van der Waals surface area contributed by atoms with Gasteiger partial charge in [0, 0.05) is 24.4 Å². The molecular weight excluding hydrogens is 347 g/mol. The van der Waals surface area contributed by atoms with Gasteiger partial charge in [-0.15, -0.1) is 0 Å². The predicted octanol–water partition coefficient (Wildman–Crippen LogP) is 4.04. The lowest BCUT2D eigenvalue weighted by molar-refractivity contribution is -0.0498. The van der Waals surface area contributed by atoms with Gasteiger partial charge in [-0.25, -0.2) is 0 Å². The van der Waals surface area contributed by atoms with Crippen LogP contribution in [0, 0.1) is 0 Å². The van der Waals surface area contributed by atoms with E-state index in [9.17, 15) is 8.78 Å². The van der Waals surface area contributed by atoms with Gasteiger partial charge < -0.3 is 10.2 Å². The third-order valence-corrected chi connectivity index (χ3v) is 4.04. The second-order valence-corrected chi connectivity index (χ2v) is 5.66. The number of aromatic nitrogens is 1. The fourth-order valence-electron chi connectivity index (χ4n) is 2.36. The fourth-order valence-corrected chi connectivity index (χ4v) is 2.86. The second-order valence-electron chi connectivity index (χ2n) is 4.85. The molecule has 2 aromatic rings. The Morgan fingerprint density at radius 3 is 2.65 bits per heavy atom. The van der Waals surface area contributed by atoms with Crippen molar-refractivity contribution in [3.05, 3.63) is 57.3 Å². The van der Waals surface area contributed by atoms with Crippen LogP contribution in [0.2, 0.25) is 10.0 Å². The predicted molar refractivity (Wildman–Crippen MR) is 84.4 cm³/mol. The van der Waals surface area contributed by atoms with Gasteiger partial charge in [-0.2, -0.15) is 13.9 Å². The number of hydrogen-bond acceptors (Lipinski definition) is 4. The summed E-state index contributed by atoms with van der Waals surface area (Å²) in [4.78, 5) is 3.91. The minimum Gasteiger partial charge on any atom is -0.435 e. The van der Waals surface area contributed by atoms with Gasteiger partial charge in [-0.05, 0) is 29.3 Å². The minimum atomic E-state index is -2.85. The lowest BCUT2D eigenvalue weighted by atomic mass is 9.97. The first kappa shape index (κ1) is 16.0. The molecule has 0 bridgehead atoms. The monoisotopic (exact) mass is 357 g/mol. The molecule has 1 aromatic heterocycles. The maximum Gasteiger partial charge on any atom is 0.387 e. The Morgan fingerprint density at radius 1 is 1.22 bits per heavy atom. The Balaban J connectivity index is 1.90. The molecule has 0 spiro atoms. The number of rotatable bonds is 4. The summed E-state index contributed by atoms with van der Waals surface area (Å²) >= 11 is 12.3. The van der Waals surface area contributed by atoms with Gasteiger partial charge in [0.25, 0.3) is 0 Å². The van der Waals surface area contributed by atoms with E-state index in [1.54, 1.807) is 12.1 Å². The van der Waals surface area contributed by atoms with Crippen molar-refractivity contribution in [3.63, 3.8) is 0 Å². The second kappa shape index (κ2) is 6.68. The zero-order valence-electron chi connectivity index (χ0n) is 11.7. The molecule has 0 amide bonds. The van der Waals surface area contributed by atoms with E-state index in [1.165, 1.54) is 18.5 Å². The van der Waals surface area contributed by atoms with Gasteiger partial charge in [-0.3, -0.25) is 4.98 Å². The average Bonchev–Trinajstić information content (AvgIpc) is 2.50. The van der Waals surface area contributed by atoms with E-state index in [-0.39, 0.29) is 5.75 Å². The molecule has 1 aliphatic heterocycles. The highest BCUT2D eigenvalue weighted by atomic mass is 35.5. The number of hydrogen-bond donors (Lipinski definition) is 1. The molecule has 0 radical (unpaired) electrons. The van der Waals surface area contributed by atoms with Crippen LogP contribution in [0.15, 0.2) is 35.7 Å². The normalized spacial score (nSPS) is 13.3. The van der Waals surface area contributed by atoms with Gasteiger partial charge in [0.1, 0.15) is 5.75 Å². The number of ether oxygens (including phenoxy) is 1. The maximum atomic E-state index is 12.3. The highest BCUT2D eigenvalue weighted by molar-refractivity contribution is 6.36. The number of alkyl halides is 2. The van der Waals surface area contributed by atoms with E-state index in [2.05, 4.69) is 20.2 Å². The largest absolute Gasteiger partial charge is 0.435 e. The van der Waals surface area contributed by atoms with Crippen molar-refractivity contribution in [2.45, 2.75) is 19.6 Å². The summed E-state index contributed by atoms with van der Waals surface area (Å²) in [6.07, 6.45) is 3.43. The first-order valence-corrected chi connectivity index (χ1v) is 7.45. The number of halogens is 4. The van der Waals surface area contributed by atoms with E-state index in [1.807, 2.05) is 0 Å². The van der Waals surface area contributed by atoms with Crippen molar-refractivity contribution < 1.29 is 13.5 Å². The van der Waals surface area contributed by atoms with Gasteiger partial charge in [0.2, 0.25) is 0 Å². The molecule has 23 heavy (non-hydrogen) atoms. The van der Waals surface area contributed by atoms with Gasteiger partial charge in [-0.1, -0.05) is 23.2 Å². The molecule has 1 aromatic carbocycles. The Labute approximate surface area is 141 Å². The minimum absolute atomic E-state index is 0.113. The third kappa shape index (κ3) is 3.54. The van der Waals surface area contributed by atoms with Gasteiger partial charge >= 0.3 is 6.61 Å². The van der Waals surface area contributed by atoms with Crippen LogP contribution in [0.4, 0.5) is 8.78 Å². The van der Waals surface area contributed by atoms with E-state index in [4.69, 9.17) is 23.2 Å². The molecule has 1 aliphatic rings. The molecule has 0 saturated heterocycles. The SMILES string of the molecule is FC(F)Oc1ccc2c(c1)CNN=C2Cc1c(Cl)cncc1Cl. The van der Waals surface area contributed by atoms with Crippen LogP contribution in [0.25, 0.3) is 0 Å². The third-order valence-electron chi connectivity index (χ3n) is 3.39. The van der Waals surface area contributed by atoms with Crippen LogP contribution in [-0.4, -0.2) is 17.3 Å². The molecule has 3 rings (SSSR count). The average molecular weight is 358 g/mol. The quantitative estimate of drug-likeness (QED) is 0.897. The van der Waals surface area contributed by atoms with Gasteiger partial charge in [0.05, 0.1) is 22.3 Å². The molecule has 0 aliphatic carbocycles. The van der Waals surface area contributed by atoms with Crippen molar-refractivity contribution in [3.8, 4) is 5.75 Å². The molecule has 0 unspecified atom stereocenters. The van der Waals surface area contributed by atoms with Crippen molar-refractivity contribution in [2.24, 2.45) is 5.10 Å². The Kier molecular flexibility index (Phi) is 4.63. The topological polar surface area (TPSA) is 46.5 Å². The van der Waals surface area contributed by atoms with E-state index < -0.39 is 6.61 Å². The molecule has 4 nitrogen and oxygen atoms in total. The van der Waals surface area contributed by atoms with Crippen LogP contribution in [0.1, 0.15) is 16.7 Å². The number of benzene rings is 1. The Bertz CT molecular complexity index is 748. The van der Waals surface area contributed by atoms with Crippen molar-refractivity contribution in [1.82, 2.24) is 10.4 Å². The summed E-state index contributed by atoms with van der Waals surface area (Å²) in [5.74, 6) is 0.113. The molecule has 0 atom stereocenters. The smallest absolute Gasteiger partial charge is 0.387 e. The summed E-state index contributed by atoms with van der Waals surface area (Å²) in [7, 11) is 0. The summed E-state index contributed by atoms with van der Waals surface area (Å²) < 4.78 is 29.0. The molecule has 1 N–H and O–H groups in total. The molecular formula is C15H11Cl2F2N3O. The summed E-state index contributed by atoms with van der Waals surface area (Å²) in [5.41, 5.74) is 5.96. The molecule has 0 saturated carbocycles. The standard InChI is InChI=1S/C15H11Cl2F2N3O/c16-12-6-20-7-13(17)11(12)4-14-10-2-1-9(23-15(18)19)3-8(10)5-21-22-14/h1-3,6-7,15,21H,4-5H2. The zero-order chi connectivity index (χ0) is 16.4. The van der Waals surface area contributed by atoms with Gasteiger partial charge in [0.15, 0.2) is 0 Å². The van der Waals surface area contributed by atoms with Crippen LogP contribution in [0.5, 0.6) is 5.75 Å². The first-order valence-electron chi connectivity index (χ1n) is 6.70. The first-order chi connectivity index (χ1) is 11.0. The number of pyridine rings is 1. The Hall–Kier alpha value is -1.92. The number of fused-ring (bicyclic) bond motifs is 1. The summed E-state index contributed by atoms with van der Waals surface area (Å²) in [6.45, 7) is -2.43. The molecule has 120 valence electrons. The zero-order valence-corrected chi connectivity index (χ0v) is 13.2. The summed E-state index contributed by atoms with van der Waals surface area (Å²) in [5, 5.41) is 5.18. The lowest BCUT2D eigenvalue weighted by Crippen LogP contribution is -2.22. The fraction of sp³-hybridized carbons (Fsp3) is 0.200. The van der Waals surface area contributed by atoms with Crippen molar-refractivity contribution >= 4 is 28.9 Å². The van der Waals surface area contributed by atoms with E-state index in [0.29, 0.717) is 34.3 Å². The highest BCUT2D eigenvalue weighted by Gasteiger charge is 2.19. The molecule has 2 heterocycles. The van der Waals surface area contributed by atoms with Crippen molar-refractivity contribution in [2.75, 3.05) is 0 Å². The van der Waals surface area contributed by atoms with Crippen LogP contribution >= 0.6 is 23.2 Å². The summed E-state index contributed by atoms with van der Waals surface area (Å²) in [6, 6.07) is 4.76. The van der Waals surface area contributed by atoms with Crippen molar-refractivity contribution in [1.29, 1.82) is 0 Å².